The Morgan fingerprint density at radius 3 is 2.53 bits per heavy atom. The summed E-state index contributed by atoms with van der Waals surface area (Å²) in [5.41, 5.74) is 12.1. The summed E-state index contributed by atoms with van der Waals surface area (Å²) < 4.78 is 34.1. The Morgan fingerprint density at radius 2 is 1.97 bits per heavy atom. The van der Waals surface area contributed by atoms with Crippen LogP contribution < -0.4 is 27.1 Å². The van der Waals surface area contributed by atoms with E-state index in [9.17, 15) is 13.6 Å². The summed E-state index contributed by atoms with van der Waals surface area (Å²) in [4.78, 5) is 16.2. The molecule has 32 heavy (non-hydrogen) atoms. The van der Waals surface area contributed by atoms with E-state index in [-0.39, 0.29) is 22.2 Å². The van der Waals surface area contributed by atoms with Crippen LogP contribution >= 0.6 is 15.9 Å². The zero-order chi connectivity index (χ0) is 24.3. The van der Waals surface area contributed by atoms with Crippen LogP contribution in [0.2, 0.25) is 0 Å². The number of nitrogens with zero attached hydrogens (tertiary/aromatic N) is 2. The highest BCUT2D eigenvalue weighted by Crippen LogP contribution is 2.24. The molecule has 10 heteroatoms. The summed E-state index contributed by atoms with van der Waals surface area (Å²) in [6, 6.07) is 4.97. The molecule has 1 aromatic carbocycles. The van der Waals surface area contributed by atoms with Gasteiger partial charge in [-0.3, -0.25) is 9.79 Å². The number of aryl methyl sites for hydroxylation is 1. The predicted octanol–water partition coefficient (Wildman–Crippen LogP) is 3.22. The Hall–Kier alpha value is -2.72. The molecule has 0 aliphatic heterocycles. The highest BCUT2D eigenvalue weighted by molar-refractivity contribution is 9.10. The van der Waals surface area contributed by atoms with Crippen LogP contribution in [-0.2, 0) is 13.2 Å². The number of rotatable bonds is 8. The minimum Gasteiger partial charge on any atom is -0.487 e. The molecule has 1 heterocycles. The van der Waals surface area contributed by atoms with Gasteiger partial charge in [0.1, 0.15) is 28.5 Å². The minimum absolute atomic E-state index is 0.116. The van der Waals surface area contributed by atoms with Gasteiger partial charge in [-0.2, -0.15) is 0 Å². The fourth-order valence-corrected chi connectivity index (χ4v) is 2.88. The van der Waals surface area contributed by atoms with Gasteiger partial charge in [0.15, 0.2) is 0 Å². The van der Waals surface area contributed by atoms with Crippen molar-refractivity contribution >= 4 is 21.8 Å². The number of halogens is 3. The minimum atomic E-state index is -0.693. The largest absolute Gasteiger partial charge is 0.487 e. The molecule has 5 N–H and O–H groups in total. The van der Waals surface area contributed by atoms with Crippen LogP contribution in [0.3, 0.4) is 0 Å². The summed E-state index contributed by atoms with van der Waals surface area (Å²) in [7, 11) is 1.66. The predicted molar refractivity (Wildman–Crippen MR) is 128 cm³/mol. The molecular weight excluding hydrogens is 484 g/mol. The van der Waals surface area contributed by atoms with Crippen LogP contribution in [0.4, 0.5) is 8.78 Å². The van der Waals surface area contributed by atoms with Gasteiger partial charge in [-0.25, -0.2) is 8.78 Å². The van der Waals surface area contributed by atoms with E-state index in [1.54, 1.807) is 31.5 Å². The van der Waals surface area contributed by atoms with Crippen molar-refractivity contribution in [1.29, 1.82) is 0 Å². The van der Waals surface area contributed by atoms with Gasteiger partial charge >= 0.3 is 0 Å². The monoisotopic (exact) mass is 513 g/mol. The topological polar surface area (TPSA) is 108 Å². The van der Waals surface area contributed by atoms with Crippen LogP contribution in [0.1, 0.15) is 25.1 Å². The molecule has 2 rings (SSSR count). The number of hydrogen-bond acceptors (Lipinski definition) is 5. The van der Waals surface area contributed by atoms with E-state index in [1.165, 1.54) is 6.07 Å². The lowest BCUT2D eigenvalue weighted by Gasteiger charge is -2.15. The average molecular weight is 514 g/mol. The van der Waals surface area contributed by atoms with Gasteiger partial charge in [-0.1, -0.05) is 0 Å². The third-order valence-corrected chi connectivity index (χ3v) is 4.94. The Balaban J connectivity index is 0.000000920. The number of nitrogens with two attached hydrogens (primary N) is 2. The molecule has 0 spiro atoms. The summed E-state index contributed by atoms with van der Waals surface area (Å²) >= 11 is 3.26. The first-order valence-electron chi connectivity index (χ1n) is 9.85. The van der Waals surface area contributed by atoms with Gasteiger partial charge in [0.05, 0.1) is 5.84 Å². The van der Waals surface area contributed by atoms with E-state index in [0.29, 0.717) is 36.9 Å². The van der Waals surface area contributed by atoms with Crippen molar-refractivity contribution < 1.29 is 13.5 Å². The Bertz CT molecular complexity index is 1020. The first-order chi connectivity index (χ1) is 15.1. The lowest BCUT2D eigenvalue weighted by Crippen LogP contribution is -2.25. The molecule has 0 aliphatic carbocycles. The zero-order valence-electron chi connectivity index (χ0n) is 18.7. The third kappa shape index (κ3) is 8.80. The summed E-state index contributed by atoms with van der Waals surface area (Å²) in [5, 5.41) is 3.07. The molecule has 176 valence electrons. The molecule has 1 aromatic heterocycles. The van der Waals surface area contributed by atoms with Crippen LogP contribution in [-0.4, -0.2) is 30.5 Å². The quantitative estimate of drug-likeness (QED) is 0.285. The molecule has 0 aliphatic rings. The number of ether oxygens (including phenoxy) is 1. The molecule has 0 bridgehead atoms. The van der Waals surface area contributed by atoms with Crippen molar-refractivity contribution in [3.05, 3.63) is 73.8 Å². The smallest absolute Gasteiger partial charge is 0.269 e. The molecule has 0 saturated carbocycles. The second-order valence-electron chi connectivity index (χ2n) is 6.98. The number of hydrogen-bond donors (Lipinski definition) is 3. The number of aliphatic imine (C=N–C) groups is 1. The summed E-state index contributed by atoms with van der Waals surface area (Å²) in [6.45, 7) is 6.92. The highest BCUT2D eigenvalue weighted by Gasteiger charge is 2.13. The van der Waals surface area contributed by atoms with E-state index in [1.807, 2.05) is 13.1 Å². The Kier molecular flexibility index (Phi) is 11.6. The number of benzene rings is 1. The second-order valence-corrected chi connectivity index (χ2v) is 7.77. The molecule has 0 radical (unpaired) electrons. The summed E-state index contributed by atoms with van der Waals surface area (Å²) in [6.07, 6.45) is 1.83. The third-order valence-electron chi connectivity index (χ3n) is 4.21. The highest BCUT2D eigenvalue weighted by atomic mass is 79.9. The van der Waals surface area contributed by atoms with Crippen molar-refractivity contribution in [1.82, 2.24) is 9.88 Å². The average Bonchev–Trinajstić information content (AvgIpc) is 2.74. The molecule has 7 nitrogen and oxygen atoms in total. The number of amidine groups is 1. The van der Waals surface area contributed by atoms with Gasteiger partial charge in [0.2, 0.25) is 0 Å². The van der Waals surface area contributed by atoms with E-state index < -0.39 is 11.6 Å². The number of aromatic nitrogens is 1. The molecule has 0 fully saturated rings. The molecule has 0 atom stereocenters. The van der Waals surface area contributed by atoms with Crippen molar-refractivity contribution in [2.75, 3.05) is 20.1 Å². The number of allylic oxidation sites excluding steroid dienone is 1. The standard InChI is InChI=1S/C19H22BrF2N3O2.C3H8N2/c1-12(9-24-6-5-23)10-25-13(2)7-17(18(20)19(25)26)27-11-14-3-4-15(21)8-16(14)22;1-3(4)5-2/h3-4,7-9,24H,5-6,10-11,23H2,1-2H3;1-2H3,(H2,4,5)/b12-9-;. The zero-order valence-corrected chi connectivity index (χ0v) is 20.3. The fourth-order valence-electron chi connectivity index (χ4n) is 2.44. The van der Waals surface area contributed by atoms with E-state index in [0.717, 1.165) is 17.7 Å². The first kappa shape index (κ1) is 27.3. The van der Waals surface area contributed by atoms with Crippen molar-refractivity contribution in [2.24, 2.45) is 16.5 Å². The van der Waals surface area contributed by atoms with Crippen LogP contribution in [0.25, 0.3) is 0 Å². The maximum Gasteiger partial charge on any atom is 0.269 e. The molecule has 0 saturated heterocycles. The van der Waals surface area contributed by atoms with Crippen LogP contribution in [0, 0.1) is 18.6 Å². The number of nitrogens with one attached hydrogen (secondary N) is 1. The SMILES string of the molecule is C/C(=C/NCCN)Cn1c(C)cc(OCc2ccc(F)cc2F)c(Br)c1=O.CN=C(C)N. The molecule has 2 aromatic rings. The lowest BCUT2D eigenvalue weighted by molar-refractivity contribution is 0.295. The van der Waals surface area contributed by atoms with E-state index >= 15 is 0 Å². The van der Waals surface area contributed by atoms with Gasteiger partial charge in [0, 0.05) is 50.1 Å². The van der Waals surface area contributed by atoms with Crippen molar-refractivity contribution in [2.45, 2.75) is 33.9 Å². The Morgan fingerprint density at radius 1 is 1.31 bits per heavy atom. The molecule has 0 unspecified atom stereocenters. The Labute approximate surface area is 195 Å². The van der Waals surface area contributed by atoms with Gasteiger partial charge in [0.25, 0.3) is 5.56 Å². The lowest BCUT2D eigenvalue weighted by atomic mass is 10.2. The molecule has 0 amide bonds. The normalized spacial score (nSPS) is 11.6. The van der Waals surface area contributed by atoms with Crippen molar-refractivity contribution in [3.63, 3.8) is 0 Å². The summed E-state index contributed by atoms with van der Waals surface area (Å²) in [5.74, 6) is -0.410. The molecular formula is C22H30BrF2N5O2. The second kappa shape index (κ2) is 13.6. The first-order valence-corrected chi connectivity index (χ1v) is 10.6. The van der Waals surface area contributed by atoms with E-state index in [4.69, 9.17) is 16.2 Å². The van der Waals surface area contributed by atoms with Crippen molar-refractivity contribution in [3.8, 4) is 5.75 Å². The van der Waals surface area contributed by atoms with Gasteiger partial charge in [-0.15, -0.1) is 0 Å². The van der Waals surface area contributed by atoms with Gasteiger partial charge < -0.3 is 26.1 Å². The fraction of sp³-hybridized carbons (Fsp3) is 0.364. The van der Waals surface area contributed by atoms with Gasteiger partial charge in [-0.05, 0) is 60.6 Å². The van der Waals surface area contributed by atoms with Crippen LogP contribution in [0.15, 0.2) is 50.3 Å². The van der Waals surface area contributed by atoms with E-state index in [2.05, 4.69) is 26.2 Å². The van der Waals surface area contributed by atoms with Crippen LogP contribution in [0.5, 0.6) is 5.75 Å². The maximum absolute atomic E-state index is 13.7. The maximum atomic E-state index is 13.7. The number of pyridine rings is 1.